The second kappa shape index (κ2) is 9.48. The zero-order valence-corrected chi connectivity index (χ0v) is 19.3. The van der Waals surface area contributed by atoms with Gasteiger partial charge in [-0.1, -0.05) is 36.4 Å². The SMILES string of the molecule is CCOC(=O)N1CCC(N2C(=O)C(Nc3cc(C)cc(C)c3)=C(c3ccccc3)C2=O)CC1. The first-order valence-electron chi connectivity index (χ1n) is 11.3. The Labute approximate surface area is 194 Å². The fourth-order valence-corrected chi connectivity index (χ4v) is 4.58. The highest BCUT2D eigenvalue weighted by molar-refractivity contribution is 6.36. The standard InChI is InChI=1S/C26H29N3O4/c1-4-33-26(32)28-12-10-21(11-13-28)29-24(30)22(19-8-6-5-7-9-19)23(25(29)31)27-20-15-17(2)14-18(3)16-20/h5-9,14-16,21,27H,4,10-13H2,1-3H3. The fraction of sp³-hybridized carbons (Fsp3) is 0.346. The largest absolute Gasteiger partial charge is 0.450 e. The van der Waals surface area contributed by atoms with Crippen LogP contribution in [0.5, 0.6) is 0 Å². The van der Waals surface area contributed by atoms with Crippen LogP contribution in [0.4, 0.5) is 10.5 Å². The van der Waals surface area contributed by atoms with Crippen LogP contribution in [-0.2, 0) is 14.3 Å². The lowest BCUT2D eigenvalue weighted by molar-refractivity contribution is -0.140. The minimum Gasteiger partial charge on any atom is -0.450 e. The lowest BCUT2D eigenvalue weighted by Gasteiger charge is -2.35. The van der Waals surface area contributed by atoms with Gasteiger partial charge >= 0.3 is 6.09 Å². The summed E-state index contributed by atoms with van der Waals surface area (Å²) in [6.07, 6.45) is 0.694. The van der Waals surface area contributed by atoms with Gasteiger partial charge in [0.25, 0.3) is 11.8 Å². The summed E-state index contributed by atoms with van der Waals surface area (Å²) < 4.78 is 5.08. The number of imide groups is 1. The van der Waals surface area contributed by atoms with Crippen LogP contribution in [0.3, 0.4) is 0 Å². The van der Waals surface area contributed by atoms with Crippen molar-refractivity contribution in [2.24, 2.45) is 0 Å². The summed E-state index contributed by atoms with van der Waals surface area (Å²) in [7, 11) is 0. The van der Waals surface area contributed by atoms with E-state index in [9.17, 15) is 14.4 Å². The Hall–Kier alpha value is -3.61. The summed E-state index contributed by atoms with van der Waals surface area (Å²) >= 11 is 0. The third-order valence-electron chi connectivity index (χ3n) is 6.02. The zero-order chi connectivity index (χ0) is 23.5. The molecule has 4 rings (SSSR count). The molecule has 0 spiro atoms. The van der Waals surface area contributed by atoms with Gasteiger partial charge in [-0.05, 0) is 62.4 Å². The van der Waals surface area contributed by atoms with Crippen molar-refractivity contribution < 1.29 is 19.1 Å². The molecule has 0 saturated carbocycles. The smallest absolute Gasteiger partial charge is 0.409 e. The summed E-state index contributed by atoms with van der Waals surface area (Å²) in [4.78, 5) is 42.2. The molecule has 7 heteroatoms. The number of nitrogens with one attached hydrogen (secondary N) is 1. The Morgan fingerprint density at radius 1 is 1.00 bits per heavy atom. The Balaban J connectivity index is 1.62. The summed E-state index contributed by atoms with van der Waals surface area (Å²) in [5.74, 6) is -0.625. The summed E-state index contributed by atoms with van der Waals surface area (Å²) in [6.45, 7) is 6.97. The maximum atomic E-state index is 13.6. The number of hydrogen-bond acceptors (Lipinski definition) is 5. The van der Waals surface area contributed by atoms with Crippen molar-refractivity contribution in [2.45, 2.75) is 39.7 Å². The molecule has 0 bridgehead atoms. The zero-order valence-electron chi connectivity index (χ0n) is 19.3. The van der Waals surface area contributed by atoms with E-state index >= 15 is 0 Å². The number of benzene rings is 2. The molecule has 33 heavy (non-hydrogen) atoms. The molecule has 2 aliphatic heterocycles. The van der Waals surface area contributed by atoms with Crippen LogP contribution in [0.2, 0.25) is 0 Å². The van der Waals surface area contributed by atoms with Gasteiger partial charge in [-0.15, -0.1) is 0 Å². The molecular formula is C26H29N3O4. The first-order chi connectivity index (χ1) is 15.9. The number of piperidine rings is 1. The maximum absolute atomic E-state index is 13.6. The van der Waals surface area contributed by atoms with E-state index in [0.29, 0.717) is 49.4 Å². The number of likely N-dealkylation sites (tertiary alicyclic amines) is 1. The van der Waals surface area contributed by atoms with Gasteiger partial charge in [0.2, 0.25) is 0 Å². The Morgan fingerprint density at radius 3 is 2.24 bits per heavy atom. The average molecular weight is 448 g/mol. The van der Waals surface area contributed by atoms with Crippen molar-refractivity contribution in [3.63, 3.8) is 0 Å². The number of amides is 3. The lowest BCUT2D eigenvalue weighted by Crippen LogP contribution is -2.49. The summed E-state index contributed by atoms with van der Waals surface area (Å²) in [5, 5.41) is 3.25. The van der Waals surface area contributed by atoms with E-state index in [0.717, 1.165) is 16.8 Å². The molecule has 2 aromatic rings. The molecule has 1 fully saturated rings. The molecule has 0 aliphatic carbocycles. The monoisotopic (exact) mass is 447 g/mol. The normalized spacial score (nSPS) is 17.1. The molecule has 0 aromatic heterocycles. The number of hydrogen-bond donors (Lipinski definition) is 1. The fourth-order valence-electron chi connectivity index (χ4n) is 4.58. The number of carbonyl (C=O) groups excluding carboxylic acids is 3. The summed E-state index contributed by atoms with van der Waals surface area (Å²) in [6, 6.07) is 15.0. The van der Waals surface area contributed by atoms with Crippen LogP contribution in [0.15, 0.2) is 54.2 Å². The third kappa shape index (κ3) is 4.62. The predicted molar refractivity (Wildman–Crippen MR) is 126 cm³/mol. The molecular weight excluding hydrogens is 418 g/mol. The van der Waals surface area contributed by atoms with E-state index in [1.807, 2.05) is 56.3 Å². The van der Waals surface area contributed by atoms with E-state index in [4.69, 9.17) is 4.74 Å². The number of aryl methyl sites for hydroxylation is 2. The Kier molecular flexibility index (Phi) is 6.49. The summed E-state index contributed by atoms with van der Waals surface area (Å²) in [5.41, 5.74) is 4.29. The first-order valence-corrected chi connectivity index (χ1v) is 11.3. The van der Waals surface area contributed by atoms with Crippen molar-refractivity contribution in [1.82, 2.24) is 9.80 Å². The Bertz CT molecular complexity index is 1080. The average Bonchev–Trinajstić information content (AvgIpc) is 3.03. The minimum absolute atomic E-state index is 0.270. The Morgan fingerprint density at radius 2 is 1.64 bits per heavy atom. The molecule has 2 aliphatic rings. The number of rotatable bonds is 5. The van der Waals surface area contributed by atoms with Crippen molar-refractivity contribution in [3.8, 4) is 0 Å². The van der Waals surface area contributed by atoms with Crippen molar-refractivity contribution >= 4 is 29.2 Å². The van der Waals surface area contributed by atoms with Gasteiger partial charge in [-0.25, -0.2) is 4.79 Å². The van der Waals surface area contributed by atoms with Crippen molar-refractivity contribution in [2.75, 3.05) is 25.0 Å². The van der Waals surface area contributed by atoms with Crippen molar-refractivity contribution in [1.29, 1.82) is 0 Å². The van der Waals surface area contributed by atoms with E-state index < -0.39 is 0 Å². The second-order valence-electron chi connectivity index (χ2n) is 8.51. The second-order valence-corrected chi connectivity index (χ2v) is 8.51. The highest BCUT2D eigenvalue weighted by atomic mass is 16.6. The number of ether oxygens (including phenoxy) is 1. The topological polar surface area (TPSA) is 79.0 Å². The van der Waals surface area contributed by atoms with Crippen LogP contribution >= 0.6 is 0 Å². The van der Waals surface area contributed by atoms with Crippen LogP contribution in [-0.4, -0.2) is 53.4 Å². The highest BCUT2D eigenvalue weighted by Crippen LogP contribution is 2.34. The van der Waals surface area contributed by atoms with E-state index in [-0.39, 0.29) is 23.9 Å². The molecule has 2 heterocycles. The molecule has 2 aromatic carbocycles. The molecule has 0 atom stereocenters. The van der Waals surface area contributed by atoms with Gasteiger partial charge in [-0.3, -0.25) is 14.5 Å². The van der Waals surface area contributed by atoms with E-state index in [2.05, 4.69) is 11.4 Å². The van der Waals surface area contributed by atoms with Gasteiger partial charge in [0.15, 0.2) is 0 Å². The number of nitrogens with zero attached hydrogens (tertiary/aromatic N) is 2. The third-order valence-corrected chi connectivity index (χ3v) is 6.02. The van der Waals surface area contributed by atoms with Crippen molar-refractivity contribution in [3.05, 3.63) is 70.9 Å². The maximum Gasteiger partial charge on any atom is 0.409 e. The van der Waals surface area contributed by atoms with E-state index in [1.165, 1.54) is 4.90 Å². The van der Waals surface area contributed by atoms with Gasteiger partial charge in [0.05, 0.1) is 12.2 Å². The van der Waals surface area contributed by atoms with Crippen LogP contribution in [0.25, 0.3) is 5.57 Å². The first kappa shape index (κ1) is 22.6. The quantitative estimate of drug-likeness (QED) is 0.698. The van der Waals surface area contributed by atoms with Crippen LogP contribution in [0.1, 0.15) is 36.5 Å². The van der Waals surface area contributed by atoms with Gasteiger partial charge in [-0.2, -0.15) is 0 Å². The van der Waals surface area contributed by atoms with Gasteiger partial charge < -0.3 is 15.0 Å². The predicted octanol–water partition coefficient (Wildman–Crippen LogP) is 4.12. The van der Waals surface area contributed by atoms with Crippen LogP contribution in [0, 0.1) is 13.8 Å². The lowest BCUT2D eigenvalue weighted by atomic mass is 10.0. The van der Waals surface area contributed by atoms with E-state index in [1.54, 1.807) is 11.8 Å². The molecule has 172 valence electrons. The highest BCUT2D eigenvalue weighted by Gasteiger charge is 2.44. The molecule has 0 radical (unpaired) electrons. The molecule has 1 N–H and O–H groups in total. The molecule has 7 nitrogen and oxygen atoms in total. The molecule has 0 unspecified atom stereocenters. The van der Waals surface area contributed by atoms with Crippen LogP contribution < -0.4 is 5.32 Å². The number of anilines is 1. The minimum atomic E-state index is -0.352. The van der Waals surface area contributed by atoms with Gasteiger partial charge in [0.1, 0.15) is 5.70 Å². The molecule has 3 amide bonds. The van der Waals surface area contributed by atoms with Gasteiger partial charge in [0, 0.05) is 24.8 Å². The number of carbonyl (C=O) groups is 3. The molecule has 1 saturated heterocycles.